The van der Waals surface area contributed by atoms with Crippen LogP contribution in [0.15, 0.2) is 18.2 Å². The van der Waals surface area contributed by atoms with Crippen LogP contribution in [0.25, 0.3) is 0 Å². The second kappa shape index (κ2) is 5.86. The maximum atomic E-state index is 13.4. The van der Waals surface area contributed by atoms with Gasteiger partial charge in [0, 0.05) is 6.54 Å². The van der Waals surface area contributed by atoms with Gasteiger partial charge in [0.15, 0.2) is 0 Å². The second-order valence-corrected chi connectivity index (χ2v) is 4.19. The predicted molar refractivity (Wildman–Crippen MR) is 62.5 cm³/mol. The Balaban J connectivity index is 2.70. The SMILES string of the molecule is CCCNCc1ccc(F)c(C(C)C)c1. The standard InChI is InChI=1S/C13H20FN/c1-4-7-15-9-11-5-6-13(14)12(8-11)10(2)3/h5-6,8,10,15H,4,7,9H2,1-3H3. The third kappa shape index (κ3) is 3.63. The fourth-order valence-electron chi connectivity index (χ4n) is 1.56. The molecular formula is C13H20FN. The molecule has 0 heterocycles. The van der Waals surface area contributed by atoms with Gasteiger partial charge in [0.05, 0.1) is 0 Å². The van der Waals surface area contributed by atoms with E-state index < -0.39 is 0 Å². The van der Waals surface area contributed by atoms with Crippen LogP contribution in [0.1, 0.15) is 44.2 Å². The van der Waals surface area contributed by atoms with E-state index in [1.54, 1.807) is 6.07 Å². The van der Waals surface area contributed by atoms with Crippen molar-refractivity contribution in [3.8, 4) is 0 Å². The lowest BCUT2D eigenvalue weighted by atomic mass is 10.00. The highest BCUT2D eigenvalue weighted by molar-refractivity contribution is 5.27. The van der Waals surface area contributed by atoms with E-state index in [-0.39, 0.29) is 11.7 Å². The van der Waals surface area contributed by atoms with Crippen molar-refractivity contribution in [2.45, 2.75) is 39.7 Å². The van der Waals surface area contributed by atoms with Gasteiger partial charge < -0.3 is 5.32 Å². The van der Waals surface area contributed by atoms with Gasteiger partial charge in [-0.05, 0) is 36.1 Å². The molecule has 0 aliphatic heterocycles. The van der Waals surface area contributed by atoms with Crippen LogP contribution in [0.3, 0.4) is 0 Å². The summed E-state index contributed by atoms with van der Waals surface area (Å²) in [5.41, 5.74) is 1.97. The number of hydrogen-bond acceptors (Lipinski definition) is 1. The van der Waals surface area contributed by atoms with E-state index in [9.17, 15) is 4.39 Å². The smallest absolute Gasteiger partial charge is 0.126 e. The molecule has 1 aromatic rings. The molecule has 1 rings (SSSR count). The van der Waals surface area contributed by atoms with Crippen molar-refractivity contribution in [2.24, 2.45) is 0 Å². The minimum atomic E-state index is -0.0933. The summed E-state index contributed by atoms with van der Waals surface area (Å²) in [6.07, 6.45) is 1.12. The molecule has 0 radical (unpaired) electrons. The molecule has 15 heavy (non-hydrogen) atoms. The van der Waals surface area contributed by atoms with E-state index >= 15 is 0 Å². The first-order valence-corrected chi connectivity index (χ1v) is 5.64. The van der Waals surface area contributed by atoms with E-state index in [0.717, 1.165) is 30.6 Å². The van der Waals surface area contributed by atoms with Crippen LogP contribution in [0.5, 0.6) is 0 Å². The molecule has 1 aromatic carbocycles. The van der Waals surface area contributed by atoms with Gasteiger partial charge in [0.25, 0.3) is 0 Å². The van der Waals surface area contributed by atoms with Crippen LogP contribution in [0.2, 0.25) is 0 Å². The molecule has 0 fully saturated rings. The van der Waals surface area contributed by atoms with Crippen LogP contribution < -0.4 is 5.32 Å². The molecule has 0 aliphatic carbocycles. The maximum Gasteiger partial charge on any atom is 0.126 e. The van der Waals surface area contributed by atoms with Gasteiger partial charge in [-0.2, -0.15) is 0 Å². The highest BCUT2D eigenvalue weighted by Gasteiger charge is 2.06. The fraction of sp³-hybridized carbons (Fsp3) is 0.538. The van der Waals surface area contributed by atoms with Crippen molar-refractivity contribution in [1.82, 2.24) is 5.32 Å². The molecule has 0 saturated heterocycles. The summed E-state index contributed by atoms with van der Waals surface area (Å²) >= 11 is 0. The van der Waals surface area contributed by atoms with Crippen molar-refractivity contribution in [3.05, 3.63) is 35.1 Å². The molecule has 1 N–H and O–H groups in total. The lowest BCUT2D eigenvalue weighted by Gasteiger charge is -2.10. The molecule has 0 amide bonds. The first-order chi connectivity index (χ1) is 7.15. The van der Waals surface area contributed by atoms with E-state index in [4.69, 9.17) is 0 Å². The summed E-state index contributed by atoms with van der Waals surface area (Å²) in [6.45, 7) is 8.00. The highest BCUT2D eigenvalue weighted by Crippen LogP contribution is 2.19. The Hall–Kier alpha value is -0.890. The van der Waals surface area contributed by atoms with Crippen LogP contribution in [-0.2, 0) is 6.54 Å². The van der Waals surface area contributed by atoms with Crippen molar-refractivity contribution >= 4 is 0 Å². The topological polar surface area (TPSA) is 12.0 Å². The van der Waals surface area contributed by atoms with Gasteiger partial charge in [-0.1, -0.05) is 32.9 Å². The lowest BCUT2D eigenvalue weighted by Crippen LogP contribution is -2.14. The second-order valence-electron chi connectivity index (χ2n) is 4.19. The first kappa shape index (κ1) is 12.2. The molecule has 2 heteroatoms. The molecule has 0 unspecified atom stereocenters. The molecular weight excluding hydrogens is 189 g/mol. The summed E-state index contributed by atoms with van der Waals surface area (Å²) < 4.78 is 13.4. The Morgan fingerprint density at radius 1 is 1.33 bits per heavy atom. The molecule has 0 saturated carbocycles. The van der Waals surface area contributed by atoms with Crippen LogP contribution in [0, 0.1) is 5.82 Å². The Morgan fingerprint density at radius 3 is 2.67 bits per heavy atom. The molecule has 1 nitrogen and oxygen atoms in total. The molecule has 0 aliphatic rings. The minimum absolute atomic E-state index is 0.0933. The van der Waals surface area contributed by atoms with Crippen molar-refractivity contribution in [3.63, 3.8) is 0 Å². The molecule has 0 bridgehead atoms. The molecule has 0 spiro atoms. The Kier molecular flexibility index (Phi) is 4.76. The Bertz CT molecular complexity index is 307. The van der Waals surface area contributed by atoms with Crippen molar-refractivity contribution < 1.29 is 4.39 Å². The first-order valence-electron chi connectivity index (χ1n) is 5.64. The van der Waals surface area contributed by atoms with Gasteiger partial charge in [0.1, 0.15) is 5.82 Å². The zero-order chi connectivity index (χ0) is 11.3. The quantitative estimate of drug-likeness (QED) is 0.732. The largest absolute Gasteiger partial charge is 0.313 e. The molecule has 84 valence electrons. The van der Waals surface area contributed by atoms with Gasteiger partial charge in [-0.25, -0.2) is 4.39 Å². The number of hydrogen-bond donors (Lipinski definition) is 1. The van der Waals surface area contributed by atoms with E-state index in [0.29, 0.717) is 0 Å². The predicted octanol–water partition coefficient (Wildman–Crippen LogP) is 3.45. The summed E-state index contributed by atoms with van der Waals surface area (Å²) in [5, 5.41) is 3.31. The Labute approximate surface area is 91.7 Å². The van der Waals surface area contributed by atoms with Crippen LogP contribution >= 0.6 is 0 Å². The summed E-state index contributed by atoms with van der Waals surface area (Å²) in [4.78, 5) is 0. The highest BCUT2D eigenvalue weighted by atomic mass is 19.1. The van der Waals surface area contributed by atoms with Gasteiger partial charge in [0.2, 0.25) is 0 Å². The van der Waals surface area contributed by atoms with Gasteiger partial charge in [-0.3, -0.25) is 0 Å². The van der Waals surface area contributed by atoms with Crippen molar-refractivity contribution in [1.29, 1.82) is 0 Å². The summed E-state index contributed by atoms with van der Waals surface area (Å²) in [5.74, 6) is 0.153. The monoisotopic (exact) mass is 209 g/mol. The molecule has 0 atom stereocenters. The van der Waals surface area contributed by atoms with E-state index in [2.05, 4.69) is 12.2 Å². The normalized spacial score (nSPS) is 11.0. The van der Waals surface area contributed by atoms with E-state index in [1.807, 2.05) is 26.0 Å². The summed E-state index contributed by atoms with van der Waals surface area (Å²) in [6, 6.07) is 5.38. The number of benzene rings is 1. The minimum Gasteiger partial charge on any atom is -0.313 e. The Morgan fingerprint density at radius 2 is 2.07 bits per heavy atom. The molecule has 0 aromatic heterocycles. The number of nitrogens with one attached hydrogen (secondary N) is 1. The van der Waals surface area contributed by atoms with E-state index in [1.165, 1.54) is 0 Å². The number of halogens is 1. The maximum absolute atomic E-state index is 13.4. The zero-order valence-corrected chi connectivity index (χ0v) is 9.81. The lowest BCUT2D eigenvalue weighted by molar-refractivity contribution is 0.595. The van der Waals surface area contributed by atoms with Crippen molar-refractivity contribution in [2.75, 3.05) is 6.54 Å². The van der Waals surface area contributed by atoms with Crippen LogP contribution in [-0.4, -0.2) is 6.54 Å². The fourth-order valence-corrected chi connectivity index (χ4v) is 1.56. The number of rotatable bonds is 5. The zero-order valence-electron chi connectivity index (χ0n) is 9.81. The average molecular weight is 209 g/mol. The third-order valence-electron chi connectivity index (χ3n) is 2.44. The summed E-state index contributed by atoms with van der Waals surface area (Å²) in [7, 11) is 0. The third-order valence-corrected chi connectivity index (χ3v) is 2.44. The van der Waals surface area contributed by atoms with Gasteiger partial charge in [-0.15, -0.1) is 0 Å². The average Bonchev–Trinajstić information content (AvgIpc) is 2.20. The van der Waals surface area contributed by atoms with Crippen LogP contribution in [0.4, 0.5) is 4.39 Å². The van der Waals surface area contributed by atoms with Gasteiger partial charge >= 0.3 is 0 Å².